The van der Waals surface area contributed by atoms with Crippen molar-refractivity contribution in [2.24, 2.45) is 0 Å². The molecule has 0 radical (unpaired) electrons. The average Bonchev–Trinajstić information content (AvgIpc) is 2.55. The molecule has 1 atom stereocenters. The molecular weight excluding hydrogens is 304 g/mol. The van der Waals surface area contributed by atoms with Crippen LogP contribution in [0.1, 0.15) is 11.6 Å². The molecule has 0 spiro atoms. The van der Waals surface area contributed by atoms with Gasteiger partial charge in [-0.05, 0) is 23.8 Å². The lowest BCUT2D eigenvalue weighted by Gasteiger charge is -2.24. The van der Waals surface area contributed by atoms with Crippen molar-refractivity contribution in [1.82, 2.24) is 15.3 Å². The Morgan fingerprint density at radius 2 is 2.27 bits per heavy atom. The topological polar surface area (TPSA) is 82.3 Å². The molecule has 0 aliphatic carbocycles. The van der Waals surface area contributed by atoms with Crippen molar-refractivity contribution >= 4 is 17.3 Å². The van der Waals surface area contributed by atoms with Gasteiger partial charge in [0, 0.05) is 17.1 Å². The zero-order valence-corrected chi connectivity index (χ0v) is 12.9. The number of anilines is 1. The first-order valence-electron chi connectivity index (χ1n) is 6.96. The van der Waals surface area contributed by atoms with Gasteiger partial charge < -0.3 is 20.5 Å². The second-order valence-electron chi connectivity index (χ2n) is 5.01. The van der Waals surface area contributed by atoms with Crippen LogP contribution in [0, 0.1) is 0 Å². The van der Waals surface area contributed by atoms with Crippen molar-refractivity contribution in [3.05, 3.63) is 35.0 Å². The van der Waals surface area contributed by atoms with E-state index in [9.17, 15) is 0 Å². The molecular formula is C15H17ClN4O2. The number of methoxy groups -OCH3 is 1. The molecule has 1 aliphatic rings. The van der Waals surface area contributed by atoms with Gasteiger partial charge in [-0.15, -0.1) is 0 Å². The molecule has 0 amide bonds. The summed E-state index contributed by atoms with van der Waals surface area (Å²) in [5, 5.41) is 4.03. The Morgan fingerprint density at radius 3 is 3.00 bits per heavy atom. The number of aromatic nitrogens is 2. The SMILES string of the molecule is COc1nc(-c2cc(Cl)cc(C3COCCN3)c2)ncc1N. The summed E-state index contributed by atoms with van der Waals surface area (Å²) in [6, 6.07) is 5.86. The summed E-state index contributed by atoms with van der Waals surface area (Å²) in [6.45, 7) is 2.16. The van der Waals surface area contributed by atoms with Crippen LogP contribution in [-0.4, -0.2) is 36.8 Å². The van der Waals surface area contributed by atoms with Crippen molar-refractivity contribution in [1.29, 1.82) is 0 Å². The highest BCUT2D eigenvalue weighted by Crippen LogP contribution is 2.28. The lowest BCUT2D eigenvalue weighted by atomic mass is 10.0. The van der Waals surface area contributed by atoms with E-state index >= 15 is 0 Å². The van der Waals surface area contributed by atoms with E-state index < -0.39 is 0 Å². The van der Waals surface area contributed by atoms with Gasteiger partial charge in [-0.1, -0.05) is 11.6 Å². The molecule has 22 heavy (non-hydrogen) atoms. The standard InChI is InChI=1S/C15H17ClN4O2/c1-21-15-12(17)7-19-14(20-15)10-4-9(5-11(16)6-10)13-8-22-3-2-18-13/h4-7,13,18H,2-3,8,17H2,1H3. The van der Waals surface area contributed by atoms with Crippen molar-refractivity contribution in [3.8, 4) is 17.3 Å². The Balaban J connectivity index is 1.98. The minimum absolute atomic E-state index is 0.113. The molecule has 1 saturated heterocycles. The quantitative estimate of drug-likeness (QED) is 0.900. The first kappa shape index (κ1) is 15.0. The molecule has 116 valence electrons. The highest BCUT2D eigenvalue weighted by atomic mass is 35.5. The third-order valence-corrected chi connectivity index (χ3v) is 3.69. The predicted molar refractivity (Wildman–Crippen MR) is 85.0 cm³/mol. The highest BCUT2D eigenvalue weighted by Gasteiger charge is 2.17. The van der Waals surface area contributed by atoms with Gasteiger partial charge in [0.1, 0.15) is 5.69 Å². The average molecular weight is 321 g/mol. The van der Waals surface area contributed by atoms with Gasteiger partial charge in [-0.3, -0.25) is 0 Å². The Bertz CT molecular complexity index is 675. The Kier molecular flexibility index (Phi) is 4.42. The fraction of sp³-hybridized carbons (Fsp3) is 0.333. The van der Waals surface area contributed by atoms with Crippen LogP contribution in [0.25, 0.3) is 11.4 Å². The van der Waals surface area contributed by atoms with Crippen LogP contribution in [-0.2, 0) is 4.74 Å². The monoisotopic (exact) mass is 320 g/mol. The molecule has 1 aromatic carbocycles. The number of halogens is 1. The first-order valence-corrected chi connectivity index (χ1v) is 7.33. The summed E-state index contributed by atoms with van der Waals surface area (Å²) in [5.74, 6) is 0.872. The number of nitrogen functional groups attached to an aromatic ring is 1. The maximum absolute atomic E-state index is 6.24. The Morgan fingerprint density at radius 1 is 1.41 bits per heavy atom. The fourth-order valence-electron chi connectivity index (χ4n) is 2.40. The van der Waals surface area contributed by atoms with Crippen LogP contribution in [0.3, 0.4) is 0 Å². The van der Waals surface area contributed by atoms with E-state index in [1.54, 1.807) is 0 Å². The predicted octanol–water partition coefficient (Wildman–Crippen LogP) is 2.05. The number of hydrogen-bond acceptors (Lipinski definition) is 6. The maximum Gasteiger partial charge on any atom is 0.240 e. The lowest BCUT2D eigenvalue weighted by Crippen LogP contribution is -2.34. The third-order valence-electron chi connectivity index (χ3n) is 3.48. The second-order valence-corrected chi connectivity index (χ2v) is 5.45. The smallest absolute Gasteiger partial charge is 0.240 e. The number of nitrogens with zero attached hydrogens (tertiary/aromatic N) is 2. The number of nitrogens with two attached hydrogens (primary N) is 1. The van der Waals surface area contributed by atoms with Crippen LogP contribution < -0.4 is 15.8 Å². The van der Waals surface area contributed by atoms with Crippen molar-refractivity contribution in [2.75, 3.05) is 32.6 Å². The van der Waals surface area contributed by atoms with Crippen molar-refractivity contribution in [2.45, 2.75) is 6.04 Å². The summed E-state index contributed by atoms with van der Waals surface area (Å²) in [5.41, 5.74) is 8.01. The van der Waals surface area contributed by atoms with E-state index in [4.69, 9.17) is 26.8 Å². The van der Waals surface area contributed by atoms with Crippen LogP contribution >= 0.6 is 11.6 Å². The van der Waals surface area contributed by atoms with Gasteiger partial charge in [-0.25, -0.2) is 4.98 Å². The number of morpholine rings is 1. The van der Waals surface area contributed by atoms with Crippen LogP contribution in [0.4, 0.5) is 5.69 Å². The number of benzene rings is 1. The molecule has 3 rings (SSSR count). The highest BCUT2D eigenvalue weighted by molar-refractivity contribution is 6.30. The molecule has 6 nitrogen and oxygen atoms in total. The second kappa shape index (κ2) is 6.48. The van der Waals surface area contributed by atoms with Crippen LogP contribution in [0.2, 0.25) is 5.02 Å². The molecule has 7 heteroatoms. The zero-order chi connectivity index (χ0) is 15.5. The normalized spacial score (nSPS) is 18.2. The summed E-state index contributed by atoms with van der Waals surface area (Å²) in [4.78, 5) is 8.58. The van der Waals surface area contributed by atoms with Crippen molar-refractivity contribution < 1.29 is 9.47 Å². The molecule has 3 N–H and O–H groups in total. The number of rotatable bonds is 3. The van der Waals surface area contributed by atoms with E-state index in [1.165, 1.54) is 13.3 Å². The molecule has 2 aromatic rings. The van der Waals surface area contributed by atoms with Crippen molar-refractivity contribution in [3.63, 3.8) is 0 Å². The van der Waals surface area contributed by atoms with Crippen LogP contribution in [0.15, 0.2) is 24.4 Å². The number of ether oxygens (including phenoxy) is 2. The first-order chi connectivity index (χ1) is 10.7. The summed E-state index contributed by atoms with van der Waals surface area (Å²) in [6.07, 6.45) is 1.53. The van der Waals surface area contributed by atoms with E-state index in [-0.39, 0.29) is 6.04 Å². The minimum Gasteiger partial charge on any atom is -0.479 e. The van der Waals surface area contributed by atoms with Gasteiger partial charge in [0.05, 0.1) is 32.6 Å². The molecule has 1 fully saturated rings. The largest absolute Gasteiger partial charge is 0.479 e. The van der Waals surface area contributed by atoms with Gasteiger partial charge in [-0.2, -0.15) is 4.98 Å². The molecule has 2 heterocycles. The fourth-order valence-corrected chi connectivity index (χ4v) is 2.64. The number of nitrogens with one attached hydrogen (secondary N) is 1. The van der Waals surface area contributed by atoms with E-state index in [2.05, 4.69) is 15.3 Å². The van der Waals surface area contributed by atoms with Gasteiger partial charge in [0.25, 0.3) is 0 Å². The van der Waals surface area contributed by atoms with Gasteiger partial charge >= 0.3 is 0 Å². The Hall–Kier alpha value is -1.89. The van der Waals surface area contributed by atoms with E-state index in [0.717, 1.165) is 24.3 Å². The summed E-state index contributed by atoms with van der Waals surface area (Å²) < 4.78 is 10.6. The molecule has 0 saturated carbocycles. The molecule has 1 aliphatic heterocycles. The van der Waals surface area contributed by atoms with E-state index in [0.29, 0.717) is 29.0 Å². The van der Waals surface area contributed by atoms with Gasteiger partial charge in [0.2, 0.25) is 5.88 Å². The molecule has 1 aromatic heterocycles. The summed E-state index contributed by atoms with van der Waals surface area (Å²) in [7, 11) is 1.52. The van der Waals surface area contributed by atoms with Gasteiger partial charge in [0.15, 0.2) is 5.82 Å². The number of hydrogen-bond donors (Lipinski definition) is 2. The molecule has 1 unspecified atom stereocenters. The van der Waals surface area contributed by atoms with E-state index in [1.807, 2.05) is 18.2 Å². The maximum atomic E-state index is 6.24. The molecule has 0 bridgehead atoms. The summed E-state index contributed by atoms with van der Waals surface area (Å²) >= 11 is 6.24. The Labute approximate surface area is 133 Å². The minimum atomic E-state index is 0.113. The lowest BCUT2D eigenvalue weighted by molar-refractivity contribution is 0.0769. The third kappa shape index (κ3) is 3.14. The zero-order valence-electron chi connectivity index (χ0n) is 12.2. The van der Waals surface area contributed by atoms with Crippen LogP contribution in [0.5, 0.6) is 5.88 Å².